The van der Waals surface area contributed by atoms with Crippen LogP contribution < -0.4 is 15.4 Å². The quantitative estimate of drug-likeness (QED) is 0.817. The fourth-order valence-electron chi connectivity index (χ4n) is 2.78. The first kappa shape index (κ1) is 19.0. The molecule has 0 aliphatic carbocycles. The van der Waals surface area contributed by atoms with Crippen molar-refractivity contribution in [2.75, 3.05) is 38.3 Å². The number of amides is 2. The van der Waals surface area contributed by atoms with Crippen molar-refractivity contribution in [1.82, 2.24) is 9.62 Å². The lowest BCUT2D eigenvalue weighted by molar-refractivity contribution is 0.239. The molecule has 1 heterocycles. The summed E-state index contributed by atoms with van der Waals surface area (Å²) in [6, 6.07) is 6.39. The molecule has 136 valence electrons. The summed E-state index contributed by atoms with van der Waals surface area (Å²) in [6.45, 7) is 1.34. The number of sulfonamides is 1. The number of piperidine rings is 1. The molecule has 1 atom stereocenters. The average Bonchev–Trinajstić information content (AvgIpc) is 2.59. The molecule has 0 saturated carbocycles. The van der Waals surface area contributed by atoms with Crippen molar-refractivity contribution >= 4 is 21.7 Å². The van der Waals surface area contributed by atoms with Crippen LogP contribution in [-0.2, 0) is 10.0 Å². The number of rotatable bonds is 5. The summed E-state index contributed by atoms with van der Waals surface area (Å²) in [4.78, 5) is 12.0. The van der Waals surface area contributed by atoms with Crippen molar-refractivity contribution in [3.8, 4) is 11.8 Å². The van der Waals surface area contributed by atoms with E-state index in [4.69, 9.17) is 10.00 Å². The zero-order valence-corrected chi connectivity index (χ0v) is 15.1. The van der Waals surface area contributed by atoms with E-state index in [1.165, 1.54) is 23.7 Å². The predicted octanol–water partition coefficient (Wildman–Crippen LogP) is 1.36. The minimum atomic E-state index is -3.20. The Balaban J connectivity index is 1.88. The number of nitriles is 1. The largest absolute Gasteiger partial charge is 0.495 e. The Hall–Kier alpha value is -2.31. The van der Waals surface area contributed by atoms with Crippen LogP contribution in [0.3, 0.4) is 0 Å². The first-order valence-corrected chi connectivity index (χ1v) is 9.76. The van der Waals surface area contributed by atoms with Gasteiger partial charge in [-0.1, -0.05) is 0 Å². The Morgan fingerprint density at radius 1 is 1.48 bits per heavy atom. The van der Waals surface area contributed by atoms with Crippen LogP contribution in [0.1, 0.15) is 18.4 Å². The van der Waals surface area contributed by atoms with Crippen molar-refractivity contribution in [1.29, 1.82) is 5.26 Å². The Morgan fingerprint density at radius 3 is 2.88 bits per heavy atom. The molecule has 25 heavy (non-hydrogen) atoms. The van der Waals surface area contributed by atoms with Gasteiger partial charge in [-0.05, 0) is 37.0 Å². The van der Waals surface area contributed by atoms with Gasteiger partial charge in [-0.15, -0.1) is 0 Å². The maximum atomic E-state index is 12.0. The van der Waals surface area contributed by atoms with Gasteiger partial charge in [0.1, 0.15) is 11.8 Å². The topological polar surface area (TPSA) is 112 Å². The van der Waals surface area contributed by atoms with Crippen LogP contribution >= 0.6 is 0 Å². The van der Waals surface area contributed by atoms with Gasteiger partial charge in [-0.3, -0.25) is 0 Å². The Labute approximate surface area is 147 Å². The third-order valence-electron chi connectivity index (χ3n) is 4.08. The van der Waals surface area contributed by atoms with E-state index in [2.05, 4.69) is 10.6 Å². The molecule has 2 N–H and O–H groups in total. The average molecular weight is 366 g/mol. The summed E-state index contributed by atoms with van der Waals surface area (Å²) in [5, 5.41) is 14.5. The molecule has 9 heteroatoms. The maximum absolute atomic E-state index is 12.0. The van der Waals surface area contributed by atoms with Crippen LogP contribution in [0, 0.1) is 17.2 Å². The van der Waals surface area contributed by atoms with E-state index in [1.807, 2.05) is 6.07 Å². The van der Waals surface area contributed by atoms with E-state index >= 15 is 0 Å². The highest BCUT2D eigenvalue weighted by molar-refractivity contribution is 7.88. The second kappa shape index (κ2) is 8.18. The number of urea groups is 1. The number of hydrogen-bond donors (Lipinski definition) is 2. The monoisotopic (exact) mass is 366 g/mol. The summed E-state index contributed by atoms with van der Waals surface area (Å²) in [6.07, 6.45) is 2.85. The smallest absolute Gasteiger partial charge is 0.319 e. The normalized spacial score (nSPS) is 18.2. The zero-order chi connectivity index (χ0) is 18.4. The Morgan fingerprint density at radius 2 is 2.24 bits per heavy atom. The number of methoxy groups -OCH3 is 1. The molecule has 1 aromatic rings. The molecule has 0 radical (unpaired) electrons. The number of benzene rings is 1. The van der Waals surface area contributed by atoms with Crippen molar-refractivity contribution in [3.05, 3.63) is 23.8 Å². The SMILES string of the molecule is COc1ccc(NC(=O)NC[C@H]2CCCN(S(C)(=O)=O)C2)cc1C#N. The lowest BCUT2D eigenvalue weighted by atomic mass is 10.00. The molecule has 1 aliphatic heterocycles. The third kappa shape index (κ3) is 5.34. The maximum Gasteiger partial charge on any atom is 0.319 e. The Kier molecular flexibility index (Phi) is 6.22. The highest BCUT2D eigenvalue weighted by Crippen LogP contribution is 2.22. The highest BCUT2D eigenvalue weighted by Gasteiger charge is 2.26. The number of nitrogens with one attached hydrogen (secondary N) is 2. The number of carbonyl (C=O) groups is 1. The molecule has 1 saturated heterocycles. The molecule has 1 aromatic carbocycles. The fraction of sp³-hybridized carbons (Fsp3) is 0.500. The molecule has 0 spiro atoms. The molecular formula is C16H22N4O4S. The van der Waals surface area contributed by atoms with E-state index < -0.39 is 16.1 Å². The summed E-state index contributed by atoms with van der Waals surface area (Å²) < 4.78 is 29.7. The van der Waals surface area contributed by atoms with E-state index in [0.29, 0.717) is 36.6 Å². The van der Waals surface area contributed by atoms with Gasteiger partial charge in [0, 0.05) is 25.3 Å². The number of nitrogens with zero attached hydrogens (tertiary/aromatic N) is 2. The van der Waals surface area contributed by atoms with Gasteiger partial charge in [-0.2, -0.15) is 5.26 Å². The van der Waals surface area contributed by atoms with E-state index in [-0.39, 0.29) is 5.92 Å². The van der Waals surface area contributed by atoms with Gasteiger partial charge in [0.15, 0.2) is 0 Å². The molecule has 2 rings (SSSR count). The first-order chi connectivity index (χ1) is 11.8. The summed E-state index contributed by atoms with van der Waals surface area (Å²) in [5.74, 6) is 0.524. The first-order valence-electron chi connectivity index (χ1n) is 7.91. The van der Waals surface area contributed by atoms with Crippen molar-refractivity contribution in [2.45, 2.75) is 12.8 Å². The van der Waals surface area contributed by atoms with Crippen LogP contribution in [0.4, 0.5) is 10.5 Å². The van der Waals surface area contributed by atoms with Crippen molar-refractivity contribution in [2.24, 2.45) is 5.92 Å². The number of hydrogen-bond acceptors (Lipinski definition) is 5. The summed E-state index contributed by atoms with van der Waals surface area (Å²) >= 11 is 0. The van der Waals surface area contributed by atoms with Gasteiger partial charge < -0.3 is 15.4 Å². The van der Waals surface area contributed by atoms with Gasteiger partial charge >= 0.3 is 6.03 Å². The van der Waals surface area contributed by atoms with Crippen LogP contribution in [-0.4, -0.2) is 51.8 Å². The molecule has 1 aliphatic rings. The molecule has 0 bridgehead atoms. The second-order valence-corrected chi connectivity index (χ2v) is 7.97. The van der Waals surface area contributed by atoms with Gasteiger partial charge in [-0.25, -0.2) is 17.5 Å². The summed E-state index contributed by atoms with van der Waals surface area (Å²) in [7, 11) is -1.73. The molecule has 0 unspecified atom stereocenters. The van der Waals surface area contributed by atoms with Crippen molar-refractivity contribution in [3.63, 3.8) is 0 Å². The van der Waals surface area contributed by atoms with Crippen LogP contribution in [0.15, 0.2) is 18.2 Å². The second-order valence-electron chi connectivity index (χ2n) is 5.99. The summed E-state index contributed by atoms with van der Waals surface area (Å²) in [5.41, 5.74) is 0.813. The molecular weight excluding hydrogens is 344 g/mol. The fourth-order valence-corrected chi connectivity index (χ4v) is 3.72. The molecule has 2 amide bonds. The van der Waals surface area contributed by atoms with Gasteiger partial charge in [0.25, 0.3) is 0 Å². The number of anilines is 1. The molecule has 8 nitrogen and oxygen atoms in total. The van der Waals surface area contributed by atoms with Crippen LogP contribution in [0.25, 0.3) is 0 Å². The highest BCUT2D eigenvalue weighted by atomic mass is 32.2. The lowest BCUT2D eigenvalue weighted by Crippen LogP contribution is -2.43. The molecule has 1 fully saturated rings. The Bertz CT molecular complexity index is 773. The zero-order valence-electron chi connectivity index (χ0n) is 14.3. The standard InChI is InChI=1S/C16H22N4O4S/c1-24-15-6-5-14(8-13(15)9-17)19-16(21)18-10-12-4-3-7-20(11-12)25(2,22)23/h5-6,8,12H,3-4,7,10-11H2,1-2H3,(H2,18,19,21)/t12-/m1/s1. The lowest BCUT2D eigenvalue weighted by Gasteiger charge is -2.30. The van der Waals surface area contributed by atoms with Gasteiger partial charge in [0.05, 0.1) is 18.9 Å². The number of ether oxygens (including phenoxy) is 1. The third-order valence-corrected chi connectivity index (χ3v) is 5.35. The predicted molar refractivity (Wildman–Crippen MR) is 93.9 cm³/mol. The minimum Gasteiger partial charge on any atom is -0.495 e. The minimum absolute atomic E-state index is 0.0831. The van der Waals surface area contributed by atoms with E-state index in [1.54, 1.807) is 12.1 Å². The van der Waals surface area contributed by atoms with E-state index in [9.17, 15) is 13.2 Å². The van der Waals surface area contributed by atoms with Crippen LogP contribution in [0.5, 0.6) is 5.75 Å². The molecule has 0 aromatic heterocycles. The van der Waals surface area contributed by atoms with Gasteiger partial charge in [0.2, 0.25) is 10.0 Å². The number of carbonyl (C=O) groups excluding carboxylic acids is 1. The van der Waals surface area contributed by atoms with Crippen LogP contribution in [0.2, 0.25) is 0 Å². The van der Waals surface area contributed by atoms with Crippen molar-refractivity contribution < 1.29 is 17.9 Å². The van der Waals surface area contributed by atoms with E-state index in [0.717, 1.165) is 12.8 Å².